The molecule has 2 N–H and O–H groups in total. The van der Waals surface area contributed by atoms with Crippen molar-refractivity contribution in [3.63, 3.8) is 0 Å². The lowest BCUT2D eigenvalue weighted by Crippen LogP contribution is -2.33. The molecule has 1 atom stereocenters. The molecule has 0 saturated carbocycles. The number of aromatic nitrogens is 4. The number of carbonyl (C=O) groups excluding carboxylic acids is 1. The fourth-order valence-electron chi connectivity index (χ4n) is 3.20. The molecule has 24 heavy (non-hydrogen) atoms. The number of nitrogens with one attached hydrogen (secondary N) is 2. The fourth-order valence-corrected chi connectivity index (χ4v) is 3.20. The predicted molar refractivity (Wildman–Crippen MR) is 82.8 cm³/mol. The lowest BCUT2D eigenvalue weighted by atomic mass is 10.1. The highest BCUT2D eigenvalue weighted by Gasteiger charge is 2.49. The molecule has 3 aromatic rings. The van der Waals surface area contributed by atoms with Crippen molar-refractivity contribution in [1.82, 2.24) is 25.1 Å². The largest absolute Gasteiger partial charge is 0.361 e. The van der Waals surface area contributed by atoms with E-state index in [0.717, 1.165) is 5.52 Å². The number of benzene rings is 1. The number of hydrogen-bond donors (Lipinski definition) is 2. The van der Waals surface area contributed by atoms with Crippen LogP contribution in [0.5, 0.6) is 0 Å². The Hall–Kier alpha value is -2.77. The number of aryl methyl sites for hydroxylation is 1. The van der Waals surface area contributed by atoms with E-state index in [-0.39, 0.29) is 5.82 Å². The van der Waals surface area contributed by atoms with Gasteiger partial charge in [-0.3, -0.25) is 9.89 Å². The summed E-state index contributed by atoms with van der Waals surface area (Å²) in [6.07, 6.45) is 1.25. The van der Waals surface area contributed by atoms with Crippen molar-refractivity contribution in [3.05, 3.63) is 47.7 Å². The second kappa shape index (κ2) is 5.12. The summed E-state index contributed by atoms with van der Waals surface area (Å²) in [6.45, 7) is 1.06. The van der Waals surface area contributed by atoms with Crippen molar-refractivity contribution in [3.8, 4) is 0 Å². The minimum Gasteiger partial charge on any atom is -0.361 e. The van der Waals surface area contributed by atoms with Gasteiger partial charge in [0.15, 0.2) is 5.82 Å². The molecule has 0 aliphatic carbocycles. The average molecular weight is 331 g/mol. The Bertz CT molecular complexity index is 916. The van der Waals surface area contributed by atoms with E-state index in [0.29, 0.717) is 16.8 Å². The third-order valence-electron chi connectivity index (χ3n) is 4.27. The molecule has 0 unspecified atom stereocenters. The first-order chi connectivity index (χ1) is 11.4. The molecule has 1 aromatic carbocycles. The molecule has 8 heteroatoms. The Balaban J connectivity index is 1.75. The van der Waals surface area contributed by atoms with Gasteiger partial charge in [0.1, 0.15) is 5.82 Å². The van der Waals surface area contributed by atoms with Gasteiger partial charge in [0.25, 0.3) is 11.8 Å². The van der Waals surface area contributed by atoms with E-state index in [1.165, 1.54) is 4.90 Å². The van der Waals surface area contributed by atoms with Gasteiger partial charge in [-0.25, -0.2) is 13.8 Å². The second-order valence-corrected chi connectivity index (χ2v) is 6.03. The standard InChI is InChI=1S/C16H15F2N5O/c1-9-20-14(22-21-9)13-7-16(17,18)8-23(13)15(24)11-3-2-4-12-10(11)5-6-19-12/h2-6,13,19H,7-8H2,1H3,(H,20,21,22)/t13-/m0/s1. The highest BCUT2D eigenvalue weighted by molar-refractivity contribution is 6.06. The number of nitrogens with zero attached hydrogens (tertiary/aromatic N) is 3. The summed E-state index contributed by atoms with van der Waals surface area (Å²) in [5, 5.41) is 7.33. The number of rotatable bonds is 2. The number of likely N-dealkylation sites (tertiary alicyclic amines) is 1. The second-order valence-electron chi connectivity index (χ2n) is 6.03. The van der Waals surface area contributed by atoms with Gasteiger partial charge >= 0.3 is 0 Å². The molecule has 1 fully saturated rings. The van der Waals surface area contributed by atoms with Crippen molar-refractivity contribution < 1.29 is 13.6 Å². The quantitative estimate of drug-likeness (QED) is 0.758. The summed E-state index contributed by atoms with van der Waals surface area (Å²) in [7, 11) is 0. The molecule has 6 nitrogen and oxygen atoms in total. The summed E-state index contributed by atoms with van der Waals surface area (Å²) in [5.41, 5.74) is 1.18. The lowest BCUT2D eigenvalue weighted by Gasteiger charge is -2.22. The summed E-state index contributed by atoms with van der Waals surface area (Å²) in [4.78, 5) is 21.3. The minimum absolute atomic E-state index is 0.222. The Morgan fingerprint density at radius 1 is 1.38 bits per heavy atom. The zero-order valence-electron chi connectivity index (χ0n) is 12.9. The van der Waals surface area contributed by atoms with Crippen molar-refractivity contribution in [1.29, 1.82) is 0 Å². The molecular formula is C16H15F2N5O. The van der Waals surface area contributed by atoms with Crippen LogP contribution in [0.25, 0.3) is 10.9 Å². The van der Waals surface area contributed by atoms with Crippen LogP contribution in [0, 0.1) is 6.92 Å². The summed E-state index contributed by atoms with van der Waals surface area (Å²) < 4.78 is 28.0. The van der Waals surface area contributed by atoms with Gasteiger partial charge in [0.05, 0.1) is 12.6 Å². The molecule has 4 rings (SSSR count). The Morgan fingerprint density at radius 2 is 2.21 bits per heavy atom. The normalized spacial score (nSPS) is 20.0. The maximum atomic E-state index is 14.0. The Morgan fingerprint density at radius 3 is 2.96 bits per heavy atom. The van der Waals surface area contributed by atoms with E-state index in [1.54, 1.807) is 31.3 Å². The maximum Gasteiger partial charge on any atom is 0.267 e. The van der Waals surface area contributed by atoms with E-state index in [4.69, 9.17) is 0 Å². The van der Waals surface area contributed by atoms with Gasteiger partial charge < -0.3 is 9.88 Å². The Labute approximate surface area is 135 Å². The monoisotopic (exact) mass is 331 g/mol. The third-order valence-corrected chi connectivity index (χ3v) is 4.27. The van der Waals surface area contributed by atoms with Crippen LogP contribution in [-0.2, 0) is 0 Å². The van der Waals surface area contributed by atoms with Gasteiger partial charge in [-0.1, -0.05) is 6.07 Å². The number of halogens is 2. The predicted octanol–water partition coefficient (Wildman–Crippen LogP) is 2.82. The molecule has 1 aliphatic heterocycles. The van der Waals surface area contributed by atoms with Crippen LogP contribution in [0.3, 0.4) is 0 Å². The average Bonchev–Trinajstić information content (AvgIpc) is 3.23. The zero-order chi connectivity index (χ0) is 16.9. The highest BCUT2D eigenvalue weighted by atomic mass is 19.3. The van der Waals surface area contributed by atoms with Gasteiger partial charge in [-0.15, -0.1) is 0 Å². The smallest absolute Gasteiger partial charge is 0.267 e. The number of hydrogen-bond acceptors (Lipinski definition) is 3. The topological polar surface area (TPSA) is 77.7 Å². The van der Waals surface area contributed by atoms with Crippen LogP contribution in [-0.4, -0.2) is 43.4 Å². The van der Waals surface area contributed by atoms with Crippen molar-refractivity contribution in [2.75, 3.05) is 6.54 Å². The van der Waals surface area contributed by atoms with Crippen LogP contribution in [0.4, 0.5) is 8.78 Å². The van der Waals surface area contributed by atoms with Gasteiger partial charge in [-0.05, 0) is 25.1 Å². The molecule has 124 valence electrons. The van der Waals surface area contributed by atoms with Crippen molar-refractivity contribution >= 4 is 16.8 Å². The number of H-pyrrole nitrogens is 2. The van der Waals surface area contributed by atoms with Crippen LogP contribution in [0.2, 0.25) is 0 Å². The molecule has 1 aliphatic rings. The molecule has 1 amide bonds. The summed E-state index contributed by atoms with van der Waals surface area (Å²) in [6, 6.07) is 6.14. The first-order valence-corrected chi connectivity index (χ1v) is 7.58. The molecule has 3 heterocycles. The highest BCUT2D eigenvalue weighted by Crippen LogP contribution is 2.41. The first-order valence-electron chi connectivity index (χ1n) is 7.58. The van der Waals surface area contributed by atoms with E-state index in [2.05, 4.69) is 20.2 Å². The van der Waals surface area contributed by atoms with Gasteiger partial charge in [-0.2, -0.15) is 5.10 Å². The number of fused-ring (bicyclic) bond motifs is 1. The lowest BCUT2D eigenvalue weighted by molar-refractivity contribution is 0.0118. The minimum atomic E-state index is -2.96. The van der Waals surface area contributed by atoms with Gasteiger partial charge in [0.2, 0.25) is 0 Å². The molecule has 0 spiro atoms. The number of aromatic amines is 2. The number of amides is 1. The van der Waals surface area contributed by atoms with Crippen molar-refractivity contribution in [2.24, 2.45) is 0 Å². The molecule has 0 bridgehead atoms. The van der Waals surface area contributed by atoms with Crippen LogP contribution < -0.4 is 0 Å². The van der Waals surface area contributed by atoms with Crippen LogP contribution in [0.15, 0.2) is 30.5 Å². The Kier molecular flexibility index (Phi) is 3.16. The van der Waals surface area contributed by atoms with Gasteiger partial charge in [0, 0.05) is 29.1 Å². The molecular weight excluding hydrogens is 316 g/mol. The summed E-state index contributed by atoms with van der Waals surface area (Å²) in [5.74, 6) is -2.65. The zero-order valence-corrected chi connectivity index (χ0v) is 12.9. The van der Waals surface area contributed by atoms with E-state index in [1.807, 2.05) is 6.07 Å². The van der Waals surface area contributed by atoms with E-state index in [9.17, 15) is 13.6 Å². The number of alkyl halides is 2. The molecule has 1 saturated heterocycles. The molecule has 2 aromatic heterocycles. The fraction of sp³-hybridized carbons (Fsp3) is 0.312. The first kappa shape index (κ1) is 14.8. The third kappa shape index (κ3) is 2.34. The van der Waals surface area contributed by atoms with Crippen LogP contribution in [0.1, 0.15) is 34.5 Å². The SMILES string of the molecule is Cc1nc([C@@H]2CC(F)(F)CN2C(=O)c2cccc3[nH]ccc23)n[nH]1. The van der Waals surface area contributed by atoms with Crippen molar-refractivity contribution in [2.45, 2.75) is 25.3 Å². The number of carbonyl (C=O) groups is 1. The van der Waals surface area contributed by atoms with E-state index < -0.39 is 30.8 Å². The van der Waals surface area contributed by atoms with Crippen LogP contribution >= 0.6 is 0 Å². The van der Waals surface area contributed by atoms with E-state index >= 15 is 0 Å². The molecule has 0 radical (unpaired) electrons. The summed E-state index contributed by atoms with van der Waals surface area (Å²) >= 11 is 0. The maximum absolute atomic E-state index is 14.0.